The average molecular weight is 290 g/mol. The second-order valence-electron chi connectivity index (χ2n) is 5.13. The van der Waals surface area contributed by atoms with E-state index < -0.39 is 17.8 Å². The Morgan fingerprint density at radius 3 is 2.86 bits per heavy atom. The number of rotatable bonds is 2. The van der Waals surface area contributed by atoms with Gasteiger partial charge in [-0.2, -0.15) is 0 Å². The van der Waals surface area contributed by atoms with Crippen LogP contribution < -0.4 is 11.1 Å². The zero-order valence-electron chi connectivity index (χ0n) is 11.7. The van der Waals surface area contributed by atoms with Crippen LogP contribution in [0.25, 0.3) is 0 Å². The van der Waals surface area contributed by atoms with Crippen LogP contribution >= 0.6 is 0 Å². The topological polar surface area (TPSA) is 75.4 Å². The molecule has 1 aliphatic carbocycles. The number of nitrogens with one attached hydrogen (secondary N) is 1. The van der Waals surface area contributed by atoms with E-state index >= 15 is 0 Å². The number of halogens is 1. The zero-order chi connectivity index (χ0) is 15.2. The first-order valence-electron chi connectivity index (χ1n) is 7.09. The van der Waals surface area contributed by atoms with E-state index in [0.717, 1.165) is 12.8 Å². The maximum absolute atomic E-state index is 14.0. The maximum Gasteiger partial charge on any atom is 0.254 e. The molecule has 2 unspecified atom stereocenters. The highest BCUT2D eigenvalue weighted by molar-refractivity contribution is 5.94. The minimum Gasteiger partial charge on any atom is -0.391 e. The van der Waals surface area contributed by atoms with Gasteiger partial charge in [-0.1, -0.05) is 24.7 Å². The fraction of sp³-hybridized carbons (Fsp3) is 0.438. The van der Waals surface area contributed by atoms with Gasteiger partial charge in [0.15, 0.2) is 0 Å². The summed E-state index contributed by atoms with van der Waals surface area (Å²) >= 11 is 0. The number of carbonyl (C=O) groups excluding carboxylic acids is 1. The lowest BCUT2D eigenvalue weighted by Crippen LogP contribution is -2.45. The van der Waals surface area contributed by atoms with Crippen molar-refractivity contribution >= 4 is 5.91 Å². The molecular formula is C16H19FN2O2. The molecule has 1 aliphatic rings. The predicted molar refractivity (Wildman–Crippen MR) is 78.1 cm³/mol. The van der Waals surface area contributed by atoms with Gasteiger partial charge in [0.2, 0.25) is 0 Å². The van der Waals surface area contributed by atoms with Gasteiger partial charge < -0.3 is 16.2 Å². The van der Waals surface area contributed by atoms with Gasteiger partial charge in [0.25, 0.3) is 5.91 Å². The molecule has 1 amide bonds. The van der Waals surface area contributed by atoms with Crippen molar-refractivity contribution < 1.29 is 14.3 Å². The molecule has 0 bridgehead atoms. The van der Waals surface area contributed by atoms with Crippen molar-refractivity contribution in [3.8, 4) is 11.8 Å². The van der Waals surface area contributed by atoms with Crippen LogP contribution in [0.3, 0.4) is 0 Å². The van der Waals surface area contributed by atoms with Crippen molar-refractivity contribution in [2.45, 2.75) is 37.8 Å². The third kappa shape index (κ3) is 4.03. The highest BCUT2D eigenvalue weighted by Crippen LogP contribution is 2.19. The van der Waals surface area contributed by atoms with Crippen LogP contribution in [-0.4, -0.2) is 29.7 Å². The first-order chi connectivity index (χ1) is 10.1. The standard InChI is InChI=1S/C16H19FN2O2/c17-13-10-11(4-3-9-18)7-8-12(13)16(21)19-14-5-1-2-6-15(14)20/h7-8,10,14-15,20H,1-2,5-6,9,18H2,(H,19,21). The third-order valence-corrected chi connectivity index (χ3v) is 3.59. The lowest BCUT2D eigenvalue weighted by Gasteiger charge is -2.28. The number of hydrogen-bond acceptors (Lipinski definition) is 3. The molecule has 0 heterocycles. The molecule has 0 spiro atoms. The van der Waals surface area contributed by atoms with Gasteiger partial charge in [0.1, 0.15) is 5.82 Å². The highest BCUT2D eigenvalue weighted by Gasteiger charge is 2.25. The van der Waals surface area contributed by atoms with Crippen LogP contribution in [0.1, 0.15) is 41.6 Å². The van der Waals surface area contributed by atoms with Crippen molar-refractivity contribution in [1.29, 1.82) is 0 Å². The molecule has 5 heteroatoms. The molecule has 1 aromatic rings. The van der Waals surface area contributed by atoms with E-state index in [1.807, 2.05) is 0 Å². The van der Waals surface area contributed by atoms with E-state index in [9.17, 15) is 14.3 Å². The van der Waals surface area contributed by atoms with Gasteiger partial charge in [-0.15, -0.1) is 0 Å². The Bertz CT molecular complexity index is 577. The minimum atomic E-state index is -0.623. The molecule has 0 aliphatic heterocycles. The van der Waals surface area contributed by atoms with E-state index in [4.69, 9.17) is 5.73 Å². The SMILES string of the molecule is NCC#Cc1ccc(C(=O)NC2CCCCC2O)c(F)c1. The molecule has 2 atom stereocenters. The minimum absolute atomic E-state index is 0.0360. The summed E-state index contributed by atoms with van der Waals surface area (Å²) in [6.07, 6.45) is 2.74. The number of benzene rings is 1. The smallest absolute Gasteiger partial charge is 0.254 e. The molecule has 112 valence electrons. The number of amides is 1. The van der Waals surface area contributed by atoms with Crippen molar-refractivity contribution in [3.63, 3.8) is 0 Å². The monoisotopic (exact) mass is 290 g/mol. The van der Waals surface area contributed by atoms with Gasteiger partial charge in [0, 0.05) is 5.56 Å². The summed E-state index contributed by atoms with van der Waals surface area (Å²) in [7, 11) is 0. The summed E-state index contributed by atoms with van der Waals surface area (Å²) in [5.41, 5.74) is 5.70. The Morgan fingerprint density at radius 2 is 2.19 bits per heavy atom. The van der Waals surface area contributed by atoms with E-state index in [-0.39, 0.29) is 18.2 Å². The number of carbonyl (C=O) groups is 1. The molecule has 1 aromatic carbocycles. The van der Waals surface area contributed by atoms with Crippen LogP contribution in [0.2, 0.25) is 0 Å². The Hall–Kier alpha value is -1.90. The molecule has 1 saturated carbocycles. The summed E-state index contributed by atoms with van der Waals surface area (Å²) in [6, 6.07) is 3.90. The van der Waals surface area contributed by atoms with Gasteiger partial charge >= 0.3 is 0 Å². The Morgan fingerprint density at radius 1 is 1.43 bits per heavy atom. The average Bonchev–Trinajstić information content (AvgIpc) is 2.47. The first-order valence-corrected chi connectivity index (χ1v) is 7.09. The highest BCUT2D eigenvalue weighted by atomic mass is 19.1. The van der Waals surface area contributed by atoms with Gasteiger partial charge in [-0.05, 0) is 31.0 Å². The summed E-state index contributed by atoms with van der Waals surface area (Å²) in [4.78, 5) is 12.1. The van der Waals surface area contributed by atoms with Crippen molar-refractivity contribution in [2.24, 2.45) is 5.73 Å². The predicted octanol–water partition coefficient (Wildman–Crippen LogP) is 1.17. The van der Waals surface area contributed by atoms with Gasteiger partial charge in [-0.25, -0.2) is 4.39 Å². The molecule has 4 N–H and O–H groups in total. The lowest BCUT2D eigenvalue weighted by atomic mass is 9.92. The molecule has 2 rings (SSSR count). The van der Waals surface area contributed by atoms with E-state index in [1.54, 1.807) is 6.07 Å². The summed E-state index contributed by atoms with van der Waals surface area (Å²) < 4.78 is 14.0. The number of aliphatic hydroxyl groups excluding tert-OH is 1. The van der Waals surface area contributed by atoms with Crippen molar-refractivity contribution in [2.75, 3.05) is 6.54 Å². The normalized spacial score (nSPS) is 21.3. The van der Waals surface area contributed by atoms with E-state index in [2.05, 4.69) is 17.2 Å². The molecular weight excluding hydrogens is 271 g/mol. The fourth-order valence-corrected chi connectivity index (χ4v) is 2.46. The van der Waals surface area contributed by atoms with Crippen LogP contribution in [0.15, 0.2) is 18.2 Å². The Kier molecular flexibility index (Phi) is 5.32. The third-order valence-electron chi connectivity index (χ3n) is 3.59. The maximum atomic E-state index is 14.0. The number of hydrogen-bond donors (Lipinski definition) is 3. The second-order valence-corrected chi connectivity index (χ2v) is 5.13. The molecule has 0 saturated heterocycles. The van der Waals surface area contributed by atoms with Crippen LogP contribution in [-0.2, 0) is 0 Å². The molecule has 1 fully saturated rings. The second kappa shape index (κ2) is 7.21. The molecule has 4 nitrogen and oxygen atoms in total. The van der Waals surface area contributed by atoms with Crippen LogP contribution in [0.4, 0.5) is 4.39 Å². The van der Waals surface area contributed by atoms with Crippen molar-refractivity contribution in [3.05, 3.63) is 35.1 Å². The fourth-order valence-electron chi connectivity index (χ4n) is 2.46. The summed E-state index contributed by atoms with van der Waals surface area (Å²) in [5.74, 6) is 4.22. The quantitative estimate of drug-likeness (QED) is 0.716. The molecule has 21 heavy (non-hydrogen) atoms. The molecule has 0 radical (unpaired) electrons. The summed E-state index contributed by atoms with van der Waals surface area (Å²) in [5, 5.41) is 12.5. The largest absolute Gasteiger partial charge is 0.391 e. The number of aliphatic hydroxyl groups is 1. The van der Waals surface area contributed by atoms with Gasteiger partial charge in [0.05, 0.1) is 24.3 Å². The first kappa shape index (κ1) is 15.5. The zero-order valence-corrected chi connectivity index (χ0v) is 11.7. The van der Waals surface area contributed by atoms with Crippen LogP contribution in [0, 0.1) is 17.7 Å². The lowest BCUT2D eigenvalue weighted by molar-refractivity contribution is 0.0714. The van der Waals surface area contributed by atoms with E-state index in [0.29, 0.717) is 18.4 Å². The van der Waals surface area contributed by atoms with Crippen molar-refractivity contribution in [1.82, 2.24) is 5.32 Å². The molecule has 0 aromatic heterocycles. The van der Waals surface area contributed by atoms with E-state index in [1.165, 1.54) is 12.1 Å². The Labute approximate surface area is 123 Å². The Balaban J connectivity index is 2.08. The van der Waals surface area contributed by atoms with Crippen LogP contribution in [0.5, 0.6) is 0 Å². The van der Waals surface area contributed by atoms with Gasteiger partial charge in [-0.3, -0.25) is 4.79 Å². The number of nitrogens with two attached hydrogens (primary N) is 1. The summed E-state index contributed by atoms with van der Waals surface area (Å²) in [6.45, 7) is 0.198.